The van der Waals surface area contributed by atoms with Crippen molar-refractivity contribution in [3.8, 4) is 0 Å². The van der Waals surface area contributed by atoms with Gasteiger partial charge in [0.15, 0.2) is 0 Å². The zero-order valence-corrected chi connectivity index (χ0v) is 17.5. The van der Waals surface area contributed by atoms with Gasteiger partial charge >= 0.3 is 0 Å². The van der Waals surface area contributed by atoms with E-state index >= 15 is 0 Å². The van der Waals surface area contributed by atoms with Crippen LogP contribution >= 0.6 is 0 Å². The smallest absolute Gasteiger partial charge is 0.261 e. The normalized spacial score (nSPS) is 12.3. The molecular formula is C19H26N2O4S2. The lowest BCUT2D eigenvalue weighted by Gasteiger charge is -2.12. The van der Waals surface area contributed by atoms with Crippen molar-refractivity contribution in [1.82, 2.24) is 4.31 Å². The highest BCUT2D eigenvalue weighted by Crippen LogP contribution is 2.20. The van der Waals surface area contributed by atoms with Crippen molar-refractivity contribution < 1.29 is 16.8 Å². The Bertz CT molecular complexity index is 950. The average molecular weight is 411 g/mol. The first-order valence-electron chi connectivity index (χ1n) is 8.81. The molecule has 0 saturated heterocycles. The number of rotatable bonds is 9. The summed E-state index contributed by atoms with van der Waals surface area (Å²) in [6.07, 6.45) is 4.42. The van der Waals surface area contributed by atoms with Crippen molar-refractivity contribution in [2.75, 3.05) is 18.8 Å². The third-order valence-corrected chi connectivity index (χ3v) is 7.41. The van der Waals surface area contributed by atoms with E-state index in [1.54, 1.807) is 12.1 Å². The third kappa shape index (κ3) is 5.54. The molecule has 0 bridgehead atoms. The molecule has 0 amide bonds. The average Bonchev–Trinajstić information content (AvgIpc) is 2.63. The molecule has 0 aliphatic carbocycles. The van der Waals surface area contributed by atoms with Crippen LogP contribution in [0.15, 0.2) is 58.3 Å². The zero-order chi connectivity index (χ0) is 20.1. The molecule has 0 atom stereocenters. The minimum atomic E-state index is -3.79. The van der Waals surface area contributed by atoms with E-state index in [0.29, 0.717) is 5.69 Å². The number of hydrogen-bond acceptors (Lipinski definition) is 4. The topological polar surface area (TPSA) is 83.5 Å². The van der Waals surface area contributed by atoms with E-state index < -0.39 is 20.0 Å². The molecule has 0 fully saturated rings. The number of sulfonamides is 2. The van der Waals surface area contributed by atoms with Gasteiger partial charge in [0.25, 0.3) is 10.0 Å². The summed E-state index contributed by atoms with van der Waals surface area (Å²) < 4.78 is 52.8. The molecule has 0 aliphatic rings. The maximum Gasteiger partial charge on any atom is 0.261 e. The van der Waals surface area contributed by atoms with Crippen LogP contribution in [-0.4, -0.2) is 35.2 Å². The maximum atomic E-state index is 12.5. The van der Waals surface area contributed by atoms with E-state index in [4.69, 9.17) is 0 Å². The van der Waals surface area contributed by atoms with E-state index in [1.807, 2.05) is 12.1 Å². The van der Waals surface area contributed by atoms with Gasteiger partial charge in [0.1, 0.15) is 0 Å². The first kappa shape index (κ1) is 21.4. The second kappa shape index (κ2) is 8.86. The van der Waals surface area contributed by atoms with Crippen molar-refractivity contribution in [3.63, 3.8) is 0 Å². The van der Waals surface area contributed by atoms with Gasteiger partial charge in [-0.05, 0) is 54.8 Å². The minimum absolute atomic E-state index is 0.00669. The van der Waals surface area contributed by atoms with Gasteiger partial charge in [-0.15, -0.1) is 0 Å². The van der Waals surface area contributed by atoms with Crippen LogP contribution in [0.2, 0.25) is 0 Å². The SMILES string of the molecule is CCCCCc1ccc(NS(=O)(=O)c2ccc(S(=O)(=O)N(C)C)cc2)cc1. The molecule has 0 spiro atoms. The van der Waals surface area contributed by atoms with Crippen LogP contribution in [0.4, 0.5) is 5.69 Å². The van der Waals surface area contributed by atoms with E-state index in [0.717, 1.165) is 23.6 Å². The highest BCUT2D eigenvalue weighted by atomic mass is 32.2. The molecule has 0 radical (unpaired) electrons. The Labute approximate surface area is 162 Å². The maximum absolute atomic E-state index is 12.5. The van der Waals surface area contributed by atoms with Crippen LogP contribution in [0.1, 0.15) is 31.7 Å². The Morgan fingerprint density at radius 3 is 1.89 bits per heavy atom. The fraction of sp³-hybridized carbons (Fsp3) is 0.368. The summed E-state index contributed by atoms with van der Waals surface area (Å²) in [7, 11) is -4.53. The lowest BCUT2D eigenvalue weighted by atomic mass is 10.1. The van der Waals surface area contributed by atoms with Crippen molar-refractivity contribution in [1.29, 1.82) is 0 Å². The standard InChI is InChI=1S/C19H26N2O4S2/c1-4-5-6-7-16-8-10-17(11-9-16)20-26(22,23)18-12-14-19(15-13-18)27(24,25)21(2)3/h8-15,20H,4-7H2,1-3H3. The largest absolute Gasteiger partial charge is 0.280 e. The van der Waals surface area contributed by atoms with Crippen LogP contribution in [0.5, 0.6) is 0 Å². The van der Waals surface area contributed by atoms with E-state index in [1.165, 1.54) is 50.3 Å². The number of nitrogens with one attached hydrogen (secondary N) is 1. The molecule has 0 unspecified atom stereocenters. The quantitative estimate of drug-likeness (QED) is 0.642. The van der Waals surface area contributed by atoms with E-state index in [2.05, 4.69) is 11.6 Å². The predicted molar refractivity (Wildman–Crippen MR) is 108 cm³/mol. The van der Waals surface area contributed by atoms with Gasteiger partial charge in [-0.3, -0.25) is 4.72 Å². The van der Waals surface area contributed by atoms with Crippen LogP contribution in [0, 0.1) is 0 Å². The molecular weight excluding hydrogens is 384 g/mol. The van der Waals surface area contributed by atoms with Crippen molar-refractivity contribution in [2.24, 2.45) is 0 Å². The van der Waals surface area contributed by atoms with Crippen LogP contribution in [0.3, 0.4) is 0 Å². The number of unbranched alkanes of at least 4 members (excludes halogenated alkanes) is 2. The van der Waals surface area contributed by atoms with Gasteiger partial charge in [0.2, 0.25) is 10.0 Å². The second-order valence-electron chi connectivity index (χ2n) is 6.52. The number of aryl methyl sites for hydroxylation is 1. The molecule has 2 aromatic carbocycles. The van der Waals surface area contributed by atoms with Crippen molar-refractivity contribution in [2.45, 2.75) is 42.4 Å². The monoisotopic (exact) mass is 410 g/mol. The van der Waals surface area contributed by atoms with Gasteiger partial charge in [-0.25, -0.2) is 21.1 Å². The highest BCUT2D eigenvalue weighted by molar-refractivity contribution is 7.92. The summed E-state index contributed by atoms with van der Waals surface area (Å²) in [5.74, 6) is 0. The zero-order valence-electron chi connectivity index (χ0n) is 15.8. The number of anilines is 1. The summed E-state index contributed by atoms with van der Waals surface area (Å²) in [5, 5.41) is 0. The van der Waals surface area contributed by atoms with E-state index in [-0.39, 0.29) is 9.79 Å². The second-order valence-corrected chi connectivity index (χ2v) is 10.4. The molecule has 8 heteroatoms. The Kier molecular flexibility index (Phi) is 7.02. The van der Waals surface area contributed by atoms with Gasteiger partial charge in [-0.2, -0.15) is 0 Å². The molecule has 6 nitrogen and oxygen atoms in total. The van der Waals surface area contributed by atoms with Gasteiger partial charge in [0.05, 0.1) is 9.79 Å². The summed E-state index contributed by atoms with van der Waals surface area (Å²) in [5.41, 5.74) is 1.64. The third-order valence-electron chi connectivity index (χ3n) is 4.19. The molecule has 27 heavy (non-hydrogen) atoms. The Balaban J connectivity index is 2.12. The highest BCUT2D eigenvalue weighted by Gasteiger charge is 2.19. The Hall–Kier alpha value is -1.90. The van der Waals surface area contributed by atoms with Crippen molar-refractivity contribution in [3.05, 3.63) is 54.1 Å². The van der Waals surface area contributed by atoms with Crippen LogP contribution in [0.25, 0.3) is 0 Å². The Morgan fingerprint density at radius 1 is 0.815 bits per heavy atom. The molecule has 2 aromatic rings. The fourth-order valence-electron chi connectivity index (χ4n) is 2.53. The summed E-state index contributed by atoms with van der Waals surface area (Å²) >= 11 is 0. The lowest BCUT2D eigenvalue weighted by Crippen LogP contribution is -2.22. The molecule has 2 rings (SSSR count). The van der Waals surface area contributed by atoms with Crippen LogP contribution < -0.4 is 4.72 Å². The van der Waals surface area contributed by atoms with Crippen molar-refractivity contribution >= 4 is 25.7 Å². The number of nitrogens with zero attached hydrogens (tertiary/aromatic N) is 1. The minimum Gasteiger partial charge on any atom is -0.280 e. The molecule has 148 valence electrons. The first-order valence-corrected chi connectivity index (χ1v) is 11.7. The predicted octanol–water partition coefficient (Wildman–Crippen LogP) is 3.47. The molecule has 0 heterocycles. The summed E-state index contributed by atoms with van der Waals surface area (Å²) in [6.45, 7) is 2.15. The molecule has 0 saturated carbocycles. The van der Waals surface area contributed by atoms with Crippen LogP contribution in [-0.2, 0) is 26.5 Å². The Morgan fingerprint density at radius 2 is 1.37 bits per heavy atom. The fourth-order valence-corrected chi connectivity index (χ4v) is 4.49. The number of benzene rings is 2. The molecule has 0 aliphatic heterocycles. The van der Waals surface area contributed by atoms with Gasteiger partial charge < -0.3 is 0 Å². The summed E-state index contributed by atoms with van der Waals surface area (Å²) in [4.78, 5) is 0.0510. The number of hydrogen-bond donors (Lipinski definition) is 1. The molecule has 1 N–H and O–H groups in total. The molecule has 0 aromatic heterocycles. The van der Waals surface area contributed by atoms with E-state index in [9.17, 15) is 16.8 Å². The first-order chi connectivity index (χ1) is 12.7. The van der Waals surface area contributed by atoms with Gasteiger partial charge in [-0.1, -0.05) is 31.9 Å². The van der Waals surface area contributed by atoms with Gasteiger partial charge in [0, 0.05) is 19.8 Å². The summed E-state index contributed by atoms with van der Waals surface area (Å²) in [6, 6.07) is 12.5. The lowest BCUT2D eigenvalue weighted by molar-refractivity contribution is 0.520.